The molecule has 7 atom stereocenters. The third-order valence-electron chi connectivity index (χ3n) is 8.58. The summed E-state index contributed by atoms with van der Waals surface area (Å²) >= 11 is 6.37. The number of aromatic nitrogens is 1. The molecule has 4 aliphatic rings. The van der Waals surface area contributed by atoms with E-state index in [9.17, 15) is 14.4 Å². The lowest BCUT2D eigenvalue weighted by Crippen LogP contribution is -2.42. The molecule has 37 heavy (non-hydrogen) atoms. The van der Waals surface area contributed by atoms with Crippen LogP contribution in [0.15, 0.2) is 56.8 Å². The average Bonchev–Trinajstić information content (AvgIpc) is 3.63. The van der Waals surface area contributed by atoms with Crippen LogP contribution in [0.25, 0.3) is 0 Å². The fraction of sp³-hybridized carbons (Fsp3) is 0.370. The molecule has 2 aromatic carbocycles. The first-order chi connectivity index (χ1) is 17.9. The van der Waals surface area contributed by atoms with Gasteiger partial charge in [-0.15, -0.1) is 11.8 Å². The number of nitrogens with zero attached hydrogens (tertiary/aromatic N) is 1. The van der Waals surface area contributed by atoms with Gasteiger partial charge in [-0.1, -0.05) is 33.3 Å². The maximum absolute atomic E-state index is 13.8. The van der Waals surface area contributed by atoms with Gasteiger partial charge in [0.05, 0.1) is 36.8 Å². The number of benzene rings is 2. The van der Waals surface area contributed by atoms with Crippen LogP contribution in [0.1, 0.15) is 22.8 Å². The van der Waals surface area contributed by atoms with E-state index in [1.165, 1.54) is 16.2 Å². The van der Waals surface area contributed by atoms with Crippen molar-refractivity contribution in [3.8, 4) is 11.5 Å². The molecule has 2 saturated carbocycles. The van der Waals surface area contributed by atoms with Gasteiger partial charge in [-0.05, 0) is 66.1 Å². The van der Waals surface area contributed by atoms with Crippen LogP contribution in [-0.2, 0) is 9.59 Å². The molecule has 190 valence electrons. The molecule has 1 N–H and O–H groups in total. The zero-order valence-electron chi connectivity index (χ0n) is 20.0. The lowest BCUT2D eigenvalue weighted by molar-refractivity contribution is -0.123. The Morgan fingerprint density at radius 3 is 2.35 bits per heavy atom. The molecular weight excluding hydrogens is 576 g/mol. The molecule has 0 spiro atoms. The molecular formula is C27H23BrN2O5S2. The fourth-order valence-electron chi connectivity index (χ4n) is 7.28. The third-order valence-corrected chi connectivity index (χ3v) is 11.7. The molecule has 7 nitrogen and oxygen atoms in total. The van der Waals surface area contributed by atoms with E-state index in [0.29, 0.717) is 17.2 Å². The number of nitrogens with one attached hydrogen (secondary N) is 1. The number of hydrogen-bond acceptors (Lipinski definition) is 7. The van der Waals surface area contributed by atoms with Crippen molar-refractivity contribution in [2.24, 2.45) is 29.6 Å². The van der Waals surface area contributed by atoms with Crippen LogP contribution in [-0.4, -0.2) is 36.3 Å². The number of imide groups is 1. The molecule has 10 heteroatoms. The Kier molecular flexibility index (Phi) is 5.39. The summed E-state index contributed by atoms with van der Waals surface area (Å²) in [5, 5.41) is 1.03. The molecule has 3 aromatic rings. The smallest absolute Gasteiger partial charge is 0.305 e. The van der Waals surface area contributed by atoms with Crippen molar-refractivity contribution in [3.63, 3.8) is 0 Å². The number of aromatic amines is 1. The van der Waals surface area contributed by atoms with E-state index in [0.717, 1.165) is 26.4 Å². The molecule has 2 bridgehead atoms. The van der Waals surface area contributed by atoms with Crippen molar-refractivity contribution in [2.75, 3.05) is 19.1 Å². The summed E-state index contributed by atoms with van der Waals surface area (Å²) in [4.78, 5) is 45.4. The SMILES string of the molecule is COc1ccc(C2c3sc(=O)[nH]c3SC3C2[C@H]2C[C@@H]3C3C(=O)N(c4ccc(Br)cc4)C(=O)C32)cc1OC. The summed E-state index contributed by atoms with van der Waals surface area (Å²) in [6, 6.07) is 13.3. The van der Waals surface area contributed by atoms with Crippen LogP contribution < -0.4 is 19.2 Å². The van der Waals surface area contributed by atoms with Crippen molar-refractivity contribution in [1.29, 1.82) is 0 Å². The fourth-order valence-corrected chi connectivity index (χ4v) is 10.4. The molecule has 2 aliphatic carbocycles. The van der Waals surface area contributed by atoms with Crippen molar-refractivity contribution in [2.45, 2.75) is 22.6 Å². The van der Waals surface area contributed by atoms with Crippen molar-refractivity contribution >= 4 is 56.5 Å². The molecule has 1 saturated heterocycles. The first kappa shape index (κ1) is 23.5. The van der Waals surface area contributed by atoms with Crippen molar-refractivity contribution < 1.29 is 19.1 Å². The highest BCUT2D eigenvalue weighted by atomic mass is 79.9. The summed E-state index contributed by atoms with van der Waals surface area (Å²) in [5.74, 6) is 0.674. The number of halogens is 1. The van der Waals surface area contributed by atoms with Crippen LogP contribution in [0.2, 0.25) is 0 Å². The number of carbonyl (C=O) groups is 2. The van der Waals surface area contributed by atoms with E-state index >= 15 is 0 Å². The van der Waals surface area contributed by atoms with Crippen LogP contribution in [0.4, 0.5) is 5.69 Å². The highest BCUT2D eigenvalue weighted by Gasteiger charge is 2.69. The Balaban J connectivity index is 1.32. The van der Waals surface area contributed by atoms with Gasteiger partial charge in [0.25, 0.3) is 0 Å². The lowest BCUT2D eigenvalue weighted by atomic mass is 9.68. The van der Waals surface area contributed by atoms with Crippen LogP contribution >= 0.6 is 39.0 Å². The first-order valence-electron chi connectivity index (χ1n) is 12.2. The van der Waals surface area contributed by atoms with Crippen molar-refractivity contribution in [3.05, 3.63) is 67.0 Å². The number of anilines is 1. The number of methoxy groups -OCH3 is 2. The Labute approximate surface area is 229 Å². The number of amides is 2. The quantitative estimate of drug-likeness (QED) is 0.430. The van der Waals surface area contributed by atoms with Gasteiger partial charge in [-0.2, -0.15) is 0 Å². The van der Waals surface area contributed by atoms with Gasteiger partial charge in [0.15, 0.2) is 11.5 Å². The number of rotatable bonds is 4. The van der Waals surface area contributed by atoms with Crippen LogP contribution in [0.3, 0.4) is 0 Å². The van der Waals surface area contributed by atoms with Gasteiger partial charge in [0.1, 0.15) is 0 Å². The van der Waals surface area contributed by atoms with E-state index in [1.807, 2.05) is 42.5 Å². The second-order valence-electron chi connectivity index (χ2n) is 10.1. The second-order valence-corrected chi connectivity index (χ2v) is 13.2. The molecule has 3 heterocycles. The Bertz CT molecular complexity index is 1500. The Morgan fingerprint density at radius 1 is 0.946 bits per heavy atom. The molecule has 7 rings (SSSR count). The van der Waals surface area contributed by atoms with Gasteiger partial charge in [-0.25, -0.2) is 0 Å². The number of carbonyl (C=O) groups excluding carboxylic acids is 2. The van der Waals surface area contributed by atoms with E-state index in [1.54, 1.807) is 26.0 Å². The van der Waals surface area contributed by atoms with Crippen molar-refractivity contribution in [1.82, 2.24) is 4.98 Å². The standard InChI is InChI=1S/C27H23BrN2O5S2/c1-34-16-8-3-11(9-17(16)35-2)18-19-14-10-15(22(19)36-24-23(18)37-27(33)29-24)21-20(14)25(31)30(26(21)32)13-6-4-12(28)5-7-13/h3-9,14-15,18-22H,10H2,1-2H3,(H,29,33)/t14-,15-,18?,19?,20?,21?,22?/m1/s1. The van der Waals surface area contributed by atoms with E-state index in [-0.39, 0.29) is 57.4 Å². The average molecular weight is 600 g/mol. The number of thiazole rings is 1. The molecule has 1 aromatic heterocycles. The minimum atomic E-state index is -0.331. The predicted molar refractivity (Wildman–Crippen MR) is 145 cm³/mol. The topological polar surface area (TPSA) is 88.7 Å². The Morgan fingerprint density at radius 2 is 1.65 bits per heavy atom. The lowest BCUT2D eigenvalue weighted by Gasteiger charge is -2.43. The maximum Gasteiger partial charge on any atom is 0.305 e. The number of thioether (sulfide) groups is 1. The van der Waals surface area contributed by atoms with Gasteiger partial charge < -0.3 is 14.5 Å². The summed E-state index contributed by atoms with van der Waals surface area (Å²) < 4.78 is 12.0. The molecule has 2 amide bonds. The minimum absolute atomic E-state index is 0.0628. The largest absolute Gasteiger partial charge is 0.493 e. The normalized spacial score (nSPS) is 31.3. The highest BCUT2D eigenvalue weighted by Crippen LogP contribution is 2.68. The summed E-state index contributed by atoms with van der Waals surface area (Å²) in [6.07, 6.45) is 0.853. The predicted octanol–water partition coefficient (Wildman–Crippen LogP) is 4.89. The molecule has 3 fully saturated rings. The number of hydrogen-bond donors (Lipinski definition) is 1. The maximum atomic E-state index is 13.8. The molecule has 5 unspecified atom stereocenters. The van der Waals surface area contributed by atoms with E-state index in [2.05, 4.69) is 20.9 Å². The number of fused-ring (bicyclic) bond motifs is 9. The summed E-state index contributed by atoms with van der Waals surface area (Å²) in [6.45, 7) is 0. The highest BCUT2D eigenvalue weighted by molar-refractivity contribution is 9.10. The number of ether oxygens (including phenoxy) is 2. The summed E-state index contributed by atoms with van der Waals surface area (Å²) in [5.41, 5.74) is 1.66. The van der Waals surface area contributed by atoms with Crippen LogP contribution in [0.5, 0.6) is 11.5 Å². The summed E-state index contributed by atoms with van der Waals surface area (Å²) in [7, 11) is 3.22. The first-order valence-corrected chi connectivity index (χ1v) is 14.6. The van der Waals surface area contributed by atoms with Gasteiger partial charge in [0, 0.05) is 20.5 Å². The monoisotopic (exact) mass is 598 g/mol. The zero-order valence-corrected chi connectivity index (χ0v) is 23.2. The van der Waals surface area contributed by atoms with Crippen LogP contribution in [0, 0.1) is 29.6 Å². The van der Waals surface area contributed by atoms with Gasteiger partial charge in [0.2, 0.25) is 11.8 Å². The minimum Gasteiger partial charge on any atom is -0.493 e. The van der Waals surface area contributed by atoms with Gasteiger partial charge >= 0.3 is 4.87 Å². The number of H-pyrrole nitrogens is 1. The third kappa shape index (κ3) is 3.28. The zero-order chi connectivity index (χ0) is 25.6. The van der Waals surface area contributed by atoms with E-state index < -0.39 is 0 Å². The van der Waals surface area contributed by atoms with Gasteiger partial charge in [-0.3, -0.25) is 19.3 Å². The molecule has 2 aliphatic heterocycles. The molecule has 0 radical (unpaired) electrons. The van der Waals surface area contributed by atoms with E-state index in [4.69, 9.17) is 9.47 Å². The second kappa shape index (κ2) is 8.47. The Hall–Kier alpha value is -2.56.